The number of benzene rings is 1. The van der Waals surface area contributed by atoms with E-state index in [0.717, 1.165) is 12.1 Å². The zero-order chi connectivity index (χ0) is 12.3. The molecule has 0 fully saturated rings. The first-order valence-electron chi connectivity index (χ1n) is 4.52. The van der Waals surface area contributed by atoms with Crippen LogP contribution in [0.5, 0.6) is 0 Å². The number of nitro benzene ring substituents is 1. The predicted octanol–water partition coefficient (Wildman–Crippen LogP) is 1.89. The molecule has 6 heteroatoms. The number of nitrogens with zero attached hydrogens (tertiary/aromatic N) is 1. The van der Waals surface area contributed by atoms with E-state index in [1.54, 1.807) is 6.92 Å². The number of rotatable bonds is 4. The molecule has 0 saturated carbocycles. The van der Waals surface area contributed by atoms with Gasteiger partial charge in [0.15, 0.2) is 5.78 Å². The third kappa shape index (κ3) is 2.22. The SMILES string of the molecule is CCC(=O)c1ccc(C(=O)O)c([N+](=O)[O-])c1. The van der Waals surface area contributed by atoms with Crippen LogP contribution in [0, 0.1) is 10.1 Å². The first-order valence-corrected chi connectivity index (χ1v) is 4.52. The molecular formula is C10H9NO5. The number of carbonyl (C=O) groups is 2. The van der Waals surface area contributed by atoms with E-state index in [2.05, 4.69) is 0 Å². The van der Waals surface area contributed by atoms with E-state index in [1.165, 1.54) is 6.07 Å². The Labute approximate surface area is 90.7 Å². The molecule has 1 aromatic rings. The normalized spacial score (nSPS) is 9.81. The molecule has 0 heterocycles. The van der Waals surface area contributed by atoms with Crippen LogP contribution in [0.15, 0.2) is 18.2 Å². The maximum absolute atomic E-state index is 11.3. The van der Waals surface area contributed by atoms with Crippen molar-refractivity contribution in [2.45, 2.75) is 13.3 Å². The van der Waals surface area contributed by atoms with Gasteiger partial charge in [0.1, 0.15) is 5.56 Å². The van der Waals surface area contributed by atoms with Crippen molar-refractivity contribution in [3.8, 4) is 0 Å². The van der Waals surface area contributed by atoms with Crippen molar-refractivity contribution in [2.24, 2.45) is 0 Å². The highest BCUT2D eigenvalue weighted by Crippen LogP contribution is 2.21. The Bertz CT molecular complexity index is 466. The highest BCUT2D eigenvalue weighted by molar-refractivity contribution is 5.99. The van der Waals surface area contributed by atoms with Crippen LogP contribution in [0.4, 0.5) is 5.69 Å². The van der Waals surface area contributed by atoms with Crippen molar-refractivity contribution in [3.05, 3.63) is 39.4 Å². The number of hydrogen-bond donors (Lipinski definition) is 1. The van der Waals surface area contributed by atoms with E-state index < -0.39 is 22.1 Å². The Hall–Kier alpha value is -2.24. The Kier molecular flexibility index (Phi) is 3.34. The summed E-state index contributed by atoms with van der Waals surface area (Å²) in [5.41, 5.74) is -0.830. The van der Waals surface area contributed by atoms with Crippen LogP contribution in [0.1, 0.15) is 34.1 Å². The molecule has 0 aromatic heterocycles. The molecule has 6 nitrogen and oxygen atoms in total. The first kappa shape index (κ1) is 11.8. The van der Waals surface area contributed by atoms with E-state index >= 15 is 0 Å². The summed E-state index contributed by atoms with van der Waals surface area (Å²) in [5, 5.41) is 19.3. The summed E-state index contributed by atoms with van der Waals surface area (Å²) in [4.78, 5) is 31.8. The summed E-state index contributed by atoms with van der Waals surface area (Å²) >= 11 is 0. The molecule has 0 radical (unpaired) electrons. The number of hydrogen-bond acceptors (Lipinski definition) is 4. The molecule has 1 N–H and O–H groups in total. The summed E-state index contributed by atoms with van der Waals surface area (Å²) in [6, 6.07) is 3.35. The maximum Gasteiger partial charge on any atom is 0.342 e. The highest BCUT2D eigenvalue weighted by Gasteiger charge is 2.21. The molecule has 0 aliphatic heterocycles. The molecule has 16 heavy (non-hydrogen) atoms. The Morgan fingerprint density at radius 2 is 2.06 bits per heavy atom. The summed E-state index contributed by atoms with van der Waals surface area (Å²) < 4.78 is 0. The van der Waals surface area contributed by atoms with Crippen LogP contribution in [0.2, 0.25) is 0 Å². The average molecular weight is 223 g/mol. The second kappa shape index (κ2) is 4.52. The first-order chi connectivity index (χ1) is 7.47. The van der Waals surface area contributed by atoms with Gasteiger partial charge in [-0.2, -0.15) is 0 Å². The van der Waals surface area contributed by atoms with Gasteiger partial charge in [-0.05, 0) is 6.07 Å². The third-order valence-corrected chi connectivity index (χ3v) is 2.07. The maximum atomic E-state index is 11.3. The van der Waals surface area contributed by atoms with Crippen LogP contribution in [0.25, 0.3) is 0 Å². The topological polar surface area (TPSA) is 97.5 Å². The van der Waals surface area contributed by atoms with Gasteiger partial charge in [0.2, 0.25) is 0 Å². The van der Waals surface area contributed by atoms with Crippen molar-refractivity contribution in [1.29, 1.82) is 0 Å². The van der Waals surface area contributed by atoms with E-state index in [4.69, 9.17) is 5.11 Å². The molecule has 0 spiro atoms. The van der Waals surface area contributed by atoms with Crippen LogP contribution in [0.3, 0.4) is 0 Å². The summed E-state index contributed by atoms with van der Waals surface area (Å²) in [5.74, 6) is -1.65. The summed E-state index contributed by atoms with van der Waals surface area (Å²) in [7, 11) is 0. The molecule has 1 rings (SSSR count). The van der Waals surface area contributed by atoms with Gasteiger partial charge in [0, 0.05) is 18.1 Å². The second-order valence-corrected chi connectivity index (χ2v) is 3.07. The minimum atomic E-state index is -1.39. The Morgan fingerprint density at radius 1 is 1.44 bits per heavy atom. The van der Waals surface area contributed by atoms with Crippen molar-refractivity contribution in [2.75, 3.05) is 0 Å². The van der Waals surface area contributed by atoms with Crippen molar-refractivity contribution < 1.29 is 19.6 Å². The lowest BCUT2D eigenvalue weighted by Gasteiger charge is -2.01. The van der Waals surface area contributed by atoms with E-state index in [1.807, 2.05) is 0 Å². The van der Waals surface area contributed by atoms with Crippen molar-refractivity contribution in [3.63, 3.8) is 0 Å². The summed E-state index contributed by atoms with van der Waals surface area (Å²) in [6.07, 6.45) is 0.212. The molecule has 0 atom stereocenters. The van der Waals surface area contributed by atoms with Crippen LogP contribution < -0.4 is 0 Å². The predicted molar refractivity (Wildman–Crippen MR) is 54.7 cm³/mol. The fourth-order valence-electron chi connectivity index (χ4n) is 1.24. The number of aromatic carboxylic acids is 1. The van der Waals surface area contributed by atoms with Gasteiger partial charge in [0.05, 0.1) is 4.92 Å². The number of nitro groups is 1. The van der Waals surface area contributed by atoms with Crippen LogP contribution >= 0.6 is 0 Å². The minimum Gasteiger partial charge on any atom is -0.477 e. The fraction of sp³-hybridized carbons (Fsp3) is 0.200. The minimum absolute atomic E-state index is 0.152. The molecule has 0 aliphatic rings. The van der Waals surface area contributed by atoms with Gasteiger partial charge in [-0.15, -0.1) is 0 Å². The molecular weight excluding hydrogens is 214 g/mol. The van der Waals surface area contributed by atoms with Gasteiger partial charge in [-0.1, -0.05) is 13.0 Å². The Morgan fingerprint density at radius 3 is 2.50 bits per heavy atom. The monoisotopic (exact) mass is 223 g/mol. The zero-order valence-corrected chi connectivity index (χ0v) is 8.47. The van der Waals surface area contributed by atoms with Crippen molar-refractivity contribution in [1.82, 2.24) is 0 Å². The molecule has 0 bridgehead atoms. The van der Waals surface area contributed by atoms with Crippen LogP contribution in [-0.4, -0.2) is 21.8 Å². The van der Waals surface area contributed by atoms with Gasteiger partial charge >= 0.3 is 5.97 Å². The van der Waals surface area contributed by atoms with Crippen molar-refractivity contribution >= 4 is 17.4 Å². The zero-order valence-electron chi connectivity index (χ0n) is 8.47. The summed E-state index contributed by atoms with van der Waals surface area (Å²) in [6.45, 7) is 1.62. The smallest absolute Gasteiger partial charge is 0.342 e. The highest BCUT2D eigenvalue weighted by atomic mass is 16.6. The average Bonchev–Trinajstić information content (AvgIpc) is 2.26. The van der Waals surface area contributed by atoms with Gasteiger partial charge in [0.25, 0.3) is 5.69 Å². The number of carboxylic acid groups (broad SMARTS) is 1. The second-order valence-electron chi connectivity index (χ2n) is 3.07. The molecule has 0 saturated heterocycles. The molecule has 0 aliphatic carbocycles. The lowest BCUT2D eigenvalue weighted by atomic mass is 10.0. The van der Waals surface area contributed by atoms with Crippen LogP contribution in [-0.2, 0) is 0 Å². The van der Waals surface area contributed by atoms with E-state index in [0.29, 0.717) is 0 Å². The molecule has 1 aromatic carbocycles. The molecule has 0 amide bonds. The van der Waals surface area contributed by atoms with Gasteiger partial charge in [-0.25, -0.2) is 4.79 Å². The number of Topliss-reactive ketones (excluding diaryl/α,β-unsaturated/α-hetero) is 1. The number of ketones is 1. The number of carbonyl (C=O) groups excluding carboxylic acids is 1. The van der Waals surface area contributed by atoms with E-state index in [9.17, 15) is 19.7 Å². The third-order valence-electron chi connectivity index (χ3n) is 2.07. The van der Waals surface area contributed by atoms with E-state index in [-0.39, 0.29) is 17.8 Å². The van der Waals surface area contributed by atoms with Gasteiger partial charge < -0.3 is 5.11 Å². The number of carboxylic acids is 1. The lowest BCUT2D eigenvalue weighted by Crippen LogP contribution is -2.05. The standard InChI is InChI=1S/C10H9NO5/c1-2-9(12)6-3-4-7(10(13)14)8(5-6)11(15)16/h3-5H,2H2,1H3,(H,13,14). The molecule has 0 unspecified atom stereocenters. The lowest BCUT2D eigenvalue weighted by molar-refractivity contribution is -0.385. The molecule has 84 valence electrons. The fourth-order valence-corrected chi connectivity index (χ4v) is 1.24. The van der Waals surface area contributed by atoms with Gasteiger partial charge in [-0.3, -0.25) is 14.9 Å². The quantitative estimate of drug-likeness (QED) is 0.477. The largest absolute Gasteiger partial charge is 0.477 e. The Balaban J connectivity index is 3.34.